The van der Waals surface area contributed by atoms with Crippen LogP contribution < -0.4 is 21.7 Å². The summed E-state index contributed by atoms with van der Waals surface area (Å²) in [5.74, 6) is 0.297. The number of rotatable bonds is 5. The van der Waals surface area contributed by atoms with Gasteiger partial charge in [-0.15, -0.1) is 0 Å². The Morgan fingerprint density at radius 2 is 1.73 bits per heavy atom. The molecule has 2 aliphatic rings. The summed E-state index contributed by atoms with van der Waals surface area (Å²) in [5, 5.41) is 4.17. The van der Waals surface area contributed by atoms with Crippen LogP contribution in [0.3, 0.4) is 0 Å². The zero-order valence-electron chi connectivity index (χ0n) is 18.2. The highest BCUT2D eigenvalue weighted by Gasteiger charge is 2.43. The zero-order chi connectivity index (χ0) is 22.8. The van der Waals surface area contributed by atoms with Crippen molar-refractivity contribution in [3.8, 4) is 11.1 Å². The molecular formula is C23H26N8OS. The zero-order valence-corrected chi connectivity index (χ0v) is 19.0. The molecule has 9 nitrogen and oxygen atoms in total. The molecule has 1 aliphatic heterocycles. The molecule has 1 amide bonds. The molecule has 2 aromatic heterocycles. The van der Waals surface area contributed by atoms with Gasteiger partial charge in [0, 0.05) is 44.1 Å². The number of nitrogen functional groups attached to an aromatic ring is 1. The Bertz CT molecular complexity index is 1160. The van der Waals surface area contributed by atoms with Crippen LogP contribution in [-0.2, 0) is 5.41 Å². The number of amides is 1. The molecule has 170 valence electrons. The van der Waals surface area contributed by atoms with Crippen LogP contribution in [0.15, 0.2) is 47.8 Å². The second kappa shape index (κ2) is 8.87. The van der Waals surface area contributed by atoms with Crippen LogP contribution >= 0.6 is 11.3 Å². The summed E-state index contributed by atoms with van der Waals surface area (Å²) in [6, 6.07) is 8.13. The van der Waals surface area contributed by atoms with Gasteiger partial charge in [0.25, 0.3) is 5.91 Å². The van der Waals surface area contributed by atoms with Crippen LogP contribution in [0.5, 0.6) is 0 Å². The molecule has 0 radical (unpaired) electrons. The first kappa shape index (κ1) is 21.5. The van der Waals surface area contributed by atoms with Gasteiger partial charge in [-0.1, -0.05) is 42.0 Å². The number of nitrogens with two attached hydrogens (primary N) is 2. The summed E-state index contributed by atoms with van der Waals surface area (Å²) < 4.78 is 0. The maximum absolute atomic E-state index is 12.9. The molecule has 0 atom stereocenters. The number of thiazole rings is 1. The Kier molecular flexibility index (Phi) is 5.77. The second-order valence-electron chi connectivity index (χ2n) is 8.39. The maximum Gasteiger partial charge on any atom is 0.290 e. The lowest BCUT2D eigenvalue weighted by Gasteiger charge is -2.41. The predicted molar refractivity (Wildman–Crippen MR) is 131 cm³/mol. The van der Waals surface area contributed by atoms with E-state index in [2.05, 4.69) is 30.2 Å². The quantitative estimate of drug-likeness (QED) is 0.388. The van der Waals surface area contributed by atoms with E-state index in [9.17, 15) is 4.79 Å². The lowest BCUT2D eigenvalue weighted by Crippen LogP contribution is -2.47. The Balaban J connectivity index is 1.35. The van der Waals surface area contributed by atoms with Crippen molar-refractivity contribution in [1.82, 2.24) is 20.3 Å². The Morgan fingerprint density at radius 1 is 1.03 bits per heavy atom. The monoisotopic (exact) mass is 462 g/mol. The number of carbonyl (C=O) groups excluding carboxylic acids is 1. The van der Waals surface area contributed by atoms with Crippen molar-refractivity contribution in [1.29, 1.82) is 0 Å². The number of aromatic nitrogens is 3. The summed E-state index contributed by atoms with van der Waals surface area (Å²) in [6.07, 6.45) is 7.80. The normalized spacial score (nSPS) is 18.1. The van der Waals surface area contributed by atoms with Crippen LogP contribution in [0.4, 0.5) is 11.1 Å². The predicted octanol–water partition coefficient (Wildman–Crippen LogP) is 2.21. The van der Waals surface area contributed by atoms with E-state index in [0.717, 1.165) is 67.3 Å². The SMILES string of the molecule is NC(=NC(=O)c1cnc(N2CCNCC2)s1)C1(c2ccc(-c3cnc(N)nc3)cc2)CCC1. The van der Waals surface area contributed by atoms with Crippen LogP contribution in [-0.4, -0.2) is 52.9 Å². The molecule has 3 aromatic rings. The average molecular weight is 463 g/mol. The summed E-state index contributed by atoms with van der Waals surface area (Å²) >= 11 is 1.38. The van der Waals surface area contributed by atoms with Gasteiger partial charge in [-0.05, 0) is 24.0 Å². The molecule has 5 N–H and O–H groups in total. The molecule has 2 fully saturated rings. The second-order valence-corrected chi connectivity index (χ2v) is 9.40. The summed E-state index contributed by atoms with van der Waals surface area (Å²) in [6.45, 7) is 3.60. The number of nitrogens with zero attached hydrogens (tertiary/aromatic N) is 5. The topological polar surface area (TPSA) is 135 Å². The number of aliphatic imine (C=N–C) groups is 1. The van der Waals surface area contributed by atoms with Crippen LogP contribution in [0.2, 0.25) is 0 Å². The number of hydrogen-bond acceptors (Lipinski definition) is 8. The third kappa shape index (κ3) is 4.19. The van der Waals surface area contributed by atoms with E-state index in [-0.39, 0.29) is 11.9 Å². The number of benzene rings is 1. The minimum Gasteiger partial charge on any atom is -0.386 e. The van der Waals surface area contributed by atoms with Crippen molar-refractivity contribution in [2.24, 2.45) is 10.7 Å². The highest BCUT2D eigenvalue weighted by Crippen LogP contribution is 2.44. The maximum atomic E-state index is 12.9. The molecular weight excluding hydrogens is 436 g/mol. The Morgan fingerprint density at radius 3 is 2.36 bits per heavy atom. The molecule has 1 saturated carbocycles. The molecule has 5 rings (SSSR count). The van der Waals surface area contributed by atoms with Gasteiger partial charge in [0.15, 0.2) is 5.13 Å². The molecule has 1 saturated heterocycles. The van der Waals surface area contributed by atoms with Crippen LogP contribution in [0.25, 0.3) is 11.1 Å². The number of carbonyl (C=O) groups is 1. The molecule has 33 heavy (non-hydrogen) atoms. The number of piperazine rings is 1. The molecule has 1 aliphatic carbocycles. The fraction of sp³-hybridized carbons (Fsp3) is 0.348. The van der Waals surface area contributed by atoms with E-state index in [1.807, 2.05) is 24.3 Å². The minimum atomic E-state index is -0.405. The van der Waals surface area contributed by atoms with E-state index in [4.69, 9.17) is 11.5 Å². The van der Waals surface area contributed by atoms with E-state index >= 15 is 0 Å². The molecule has 0 unspecified atom stereocenters. The number of hydrogen-bond donors (Lipinski definition) is 3. The summed E-state index contributed by atoms with van der Waals surface area (Å²) in [5.41, 5.74) is 14.6. The van der Waals surface area contributed by atoms with Crippen molar-refractivity contribution < 1.29 is 4.79 Å². The van der Waals surface area contributed by atoms with Gasteiger partial charge in [-0.2, -0.15) is 4.99 Å². The largest absolute Gasteiger partial charge is 0.386 e. The third-order valence-electron chi connectivity index (χ3n) is 6.45. The lowest BCUT2D eigenvalue weighted by atomic mass is 9.63. The molecule has 0 bridgehead atoms. The van der Waals surface area contributed by atoms with Gasteiger partial charge < -0.3 is 21.7 Å². The Hall–Kier alpha value is -3.37. The van der Waals surface area contributed by atoms with Gasteiger partial charge >= 0.3 is 0 Å². The van der Waals surface area contributed by atoms with E-state index in [0.29, 0.717) is 10.7 Å². The van der Waals surface area contributed by atoms with Crippen molar-refractivity contribution in [3.63, 3.8) is 0 Å². The summed E-state index contributed by atoms with van der Waals surface area (Å²) in [7, 11) is 0. The standard InChI is InChI=1S/C23H26N8OS/c24-20(30-19(32)18-14-29-22(33-18)31-10-8-26-9-11-31)23(6-1-7-23)17-4-2-15(3-5-17)16-12-27-21(25)28-13-16/h2-5,12-14,26H,1,6-11H2,(H2,24,30,32)(H2,25,27,28). The minimum absolute atomic E-state index is 0.249. The molecule has 0 spiro atoms. The first-order valence-corrected chi connectivity index (χ1v) is 11.9. The van der Waals surface area contributed by atoms with Crippen molar-refractivity contribution in [2.45, 2.75) is 24.7 Å². The molecule has 10 heteroatoms. The molecule has 1 aromatic carbocycles. The highest BCUT2D eigenvalue weighted by atomic mass is 32.1. The number of nitrogens with one attached hydrogen (secondary N) is 1. The summed E-state index contributed by atoms with van der Waals surface area (Å²) in [4.78, 5) is 32.5. The van der Waals surface area contributed by atoms with Crippen LogP contribution in [0.1, 0.15) is 34.5 Å². The average Bonchev–Trinajstić information content (AvgIpc) is 3.31. The number of amidine groups is 1. The number of anilines is 2. The highest BCUT2D eigenvalue weighted by molar-refractivity contribution is 7.17. The van der Waals surface area contributed by atoms with E-state index < -0.39 is 5.41 Å². The fourth-order valence-corrected chi connectivity index (χ4v) is 5.18. The van der Waals surface area contributed by atoms with E-state index in [1.54, 1.807) is 18.6 Å². The van der Waals surface area contributed by atoms with Crippen molar-refractivity contribution in [3.05, 3.63) is 53.3 Å². The first-order chi connectivity index (χ1) is 16.0. The third-order valence-corrected chi connectivity index (χ3v) is 7.50. The smallest absolute Gasteiger partial charge is 0.290 e. The van der Waals surface area contributed by atoms with Crippen molar-refractivity contribution >= 4 is 34.2 Å². The molecule has 3 heterocycles. The first-order valence-electron chi connectivity index (χ1n) is 11.0. The van der Waals surface area contributed by atoms with Gasteiger partial charge in [0.1, 0.15) is 10.7 Å². The van der Waals surface area contributed by atoms with Crippen LogP contribution in [0, 0.1) is 0 Å². The van der Waals surface area contributed by atoms with Gasteiger partial charge in [0.2, 0.25) is 5.95 Å². The van der Waals surface area contributed by atoms with E-state index in [1.165, 1.54) is 11.3 Å². The van der Waals surface area contributed by atoms with Gasteiger partial charge in [-0.25, -0.2) is 15.0 Å². The fourth-order valence-electron chi connectivity index (χ4n) is 4.33. The van der Waals surface area contributed by atoms with Gasteiger partial charge in [-0.3, -0.25) is 4.79 Å². The lowest BCUT2D eigenvalue weighted by molar-refractivity contribution is 0.100. The van der Waals surface area contributed by atoms with Gasteiger partial charge in [0.05, 0.1) is 11.6 Å². The Labute approximate surface area is 196 Å². The van der Waals surface area contributed by atoms with Crippen molar-refractivity contribution in [2.75, 3.05) is 36.8 Å².